The molecule has 1 aromatic rings. The fourth-order valence-electron chi connectivity index (χ4n) is 1.74. The van der Waals surface area contributed by atoms with Gasteiger partial charge in [-0.3, -0.25) is 0 Å². The number of hydrogen-bond acceptors (Lipinski definition) is 3. The number of urea groups is 1. The Morgan fingerprint density at radius 1 is 1.45 bits per heavy atom. The Bertz CT molecular complexity index is 450. The van der Waals surface area contributed by atoms with Gasteiger partial charge in [0.2, 0.25) is 0 Å². The molecule has 3 N–H and O–H groups in total. The third-order valence-corrected chi connectivity index (χ3v) is 3.69. The molecule has 1 aromatic carbocycles. The number of halogens is 1. The van der Waals surface area contributed by atoms with Crippen LogP contribution in [0.25, 0.3) is 0 Å². The zero-order chi connectivity index (χ0) is 15.1. The summed E-state index contributed by atoms with van der Waals surface area (Å²) in [5.41, 5.74) is 0.963. The normalized spacial score (nSPS) is 13.4. The third kappa shape index (κ3) is 4.68. The van der Waals surface area contributed by atoms with Crippen molar-refractivity contribution >= 4 is 22.0 Å². The summed E-state index contributed by atoms with van der Waals surface area (Å²) in [6, 6.07) is 5.01. The molecule has 20 heavy (non-hydrogen) atoms. The fourth-order valence-corrected chi connectivity index (χ4v) is 2.29. The number of methoxy groups -OCH3 is 1. The summed E-state index contributed by atoms with van der Waals surface area (Å²) in [6.45, 7) is 3.74. The molecular formula is C14H21BrN2O3. The third-order valence-electron chi connectivity index (χ3n) is 3.07. The van der Waals surface area contributed by atoms with Crippen molar-refractivity contribution in [2.45, 2.75) is 32.4 Å². The van der Waals surface area contributed by atoms with Crippen LogP contribution in [-0.4, -0.2) is 30.9 Å². The van der Waals surface area contributed by atoms with Gasteiger partial charge in [-0.15, -0.1) is 0 Å². The summed E-state index contributed by atoms with van der Waals surface area (Å²) in [7, 11) is 1.61. The van der Waals surface area contributed by atoms with E-state index in [2.05, 4.69) is 26.6 Å². The molecule has 0 aliphatic carbocycles. The van der Waals surface area contributed by atoms with E-state index in [9.17, 15) is 4.79 Å². The van der Waals surface area contributed by atoms with Crippen LogP contribution in [0, 0.1) is 0 Å². The van der Waals surface area contributed by atoms with E-state index in [0.29, 0.717) is 6.42 Å². The van der Waals surface area contributed by atoms with Crippen LogP contribution in [0.4, 0.5) is 4.79 Å². The van der Waals surface area contributed by atoms with E-state index in [1.807, 2.05) is 32.0 Å². The highest BCUT2D eigenvalue weighted by molar-refractivity contribution is 9.10. The van der Waals surface area contributed by atoms with Gasteiger partial charge < -0.3 is 20.5 Å². The van der Waals surface area contributed by atoms with Crippen LogP contribution in [0.5, 0.6) is 5.75 Å². The maximum absolute atomic E-state index is 11.8. The van der Waals surface area contributed by atoms with Crippen molar-refractivity contribution in [3.63, 3.8) is 0 Å². The van der Waals surface area contributed by atoms with Crippen LogP contribution in [0.15, 0.2) is 22.7 Å². The van der Waals surface area contributed by atoms with Gasteiger partial charge in [-0.2, -0.15) is 0 Å². The van der Waals surface area contributed by atoms with Crippen molar-refractivity contribution in [2.24, 2.45) is 0 Å². The highest BCUT2D eigenvalue weighted by Crippen LogP contribution is 2.27. The molecule has 0 radical (unpaired) electrons. The minimum absolute atomic E-state index is 0.0631. The van der Waals surface area contributed by atoms with Gasteiger partial charge in [-0.1, -0.05) is 13.0 Å². The van der Waals surface area contributed by atoms with Crippen molar-refractivity contribution in [3.05, 3.63) is 28.2 Å². The second-order valence-corrected chi connectivity index (χ2v) is 5.38. The lowest BCUT2D eigenvalue weighted by atomic mass is 10.1. The van der Waals surface area contributed by atoms with Crippen molar-refractivity contribution in [1.82, 2.24) is 10.6 Å². The summed E-state index contributed by atoms with van der Waals surface area (Å²) >= 11 is 3.42. The Kier molecular flexibility index (Phi) is 6.81. The number of ether oxygens (including phenoxy) is 1. The summed E-state index contributed by atoms with van der Waals surface area (Å²) in [4.78, 5) is 11.8. The smallest absolute Gasteiger partial charge is 0.315 e. The first-order valence-electron chi connectivity index (χ1n) is 6.53. The SMILES string of the molecule is CCC(CO)NC(=O)NC(C)c1ccc(OC)c(Br)c1. The number of rotatable bonds is 6. The molecule has 0 aliphatic heterocycles. The molecule has 2 atom stereocenters. The molecule has 2 amide bonds. The first kappa shape index (κ1) is 16.8. The molecule has 0 fully saturated rings. The lowest BCUT2D eigenvalue weighted by molar-refractivity contribution is 0.212. The van der Waals surface area contributed by atoms with Gasteiger partial charge >= 0.3 is 6.03 Å². The van der Waals surface area contributed by atoms with Crippen LogP contribution in [0.2, 0.25) is 0 Å². The molecule has 6 heteroatoms. The Hall–Kier alpha value is -1.27. The molecular weight excluding hydrogens is 324 g/mol. The largest absolute Gasteiger partial charge is 0.496 e. The average Bonchev–Trinajstić information content (AvgIpc) is 2.44. The second kappa shape index (κ2) is 8.11. The molecule has 0 bridgehead atoms. The van der Waals surface area contributed by atoms with E-state index in [1.54, 1.807) is 7.11 Å². The van der Waals surface area contributed by atoms with Gasteiger partial charge in [0.15, 0.2) is 0 Å². The number of hydrogen-bond donors (Lipinski definition) is 3. The maximum atomic E-state index is 11.8. The molecule has 0 saturated carbocycles. The minimum Gasteiger partial charge on any atom is -0.496 e. The summed E-state index contributed by atoms with van der Waals surface area (Å²) in [6.07, 6.45) is 0.687. The van der Waals surface area contributed by atoms with Crippen LogP contribution in [0.3, 0.4) is 0 Å². The van der Waals surface area contributed by atoms with Gasteiger partial charge in [0.05, 0.1) is 30.3 Å². The lowest BCUT2D eigenvalue weighted by Gasteiger charge is -2.19. The van der Waals surface area contributed by atoms with Crippen molar-refractivity contribution in [1.29, 1.82) is 0 Å². The van der Waals surface area contributed by atoms with Gasteiger partial charge in [0.1, 0.15) is 5.75 Å². The molecule has 0 spiro atoms. The van der Waals surface area contributed by atoms with Crippen LogP contribution >= 0.6 is 15.9 Å². The van der Waals surface area contributed by atoms with Gasteiger partial charge in [-0.25, -0.2) is 4.79 Å². The number of aliphatic hydroxyl groups is 1. The molecule has 112 valence electrons. The quantitative estimate of drug-likeness (QED) is 0.742. The van der Waals surface area contributed by atoms with Gasteiger partial charge in [0.25, 0.3) is 0 Å². The van der Waals surface area contributed by atoms with Gasteiger partial charge in [0, 0.05) is 0 Å². The van der Waals surface area contributed by atoms with Gasteiger partial charge in [-0.05, 0) is 47.0 Å². The van der Waals surface area contributed by atoms with E-state index < -0.39 is 0 Å². The zero-order valence-corrected chi connectivity index (χ0v) is 13.5. The van der Waals surface area contributed by atoms with Crippen molar-refractivity contribution in [3.8, 4) is 5.75 Å². The highest BCUT2D eigenvalue weighted by atomic mass is 79.9. The average molecular weight is 345 g/mol. The Balaban J connectivity index is 2.64. The minimum atomic E-state index is -0.287. The number of nitrogens with one attached hydrogen (secondary N) is 2. The Morgan fingerprint density at radius 3 is 2.65 bits per heavy atom. The monoisotopic (exact) mass is 344 g/mol. The van der Waals surface area contributed by atoms with Crippen LogP contribution in [-0.2, 0) is 0 Å². The summed E-state index contributed by atoms with van der Waals surface area (Å²) < 4.78 is 6.01. The molecule has 0 heterocycles. The second-order valence-electron chi connectivity index (χ2n) is 4.52. The van der Waals surface area contributed by atoms with E-state index in [1.165, 1.54) is 0 Å². The zero-order valence-electron chi connectivity index (χ0n) is 11.9. The molecule has 2 unspecified atom stereocenters. The number of carbonyl (C=O) groups is 1. The molecule has 0 aliphatic rings. The van der Waals surface area contributed by atoms with Crippen LogP contribution < -0.4 is 15.4 Å². The maximum Gasteiger partial charge on any atom is 0.315 e. The summed E-state index contributed by atoms with van der Waals surface area (Å²) in [5, 5.41) is 14.6. The summed E-state index contributed by atoms with van der Waals surface area (Å²) in [5.74, 6) is 0.747. The first-order valence-corrected chi connectivity index (χ1v) is 7.32. The van der Waals surface area contributed by atoms with Crippen LogP contribution in [0.1, 0.15) is 31.9 Å². The first-order chi connectivity index (χ1) is 9.51. The molecule has 1 rings (SSSR count). The molecule has 5 nitrogen and oxygen atoms in total. The van der Waals surface area contributed by atoms with E-state index in [-0.39, 0.29) is 24.7 Å². The van der Waals surface area contributed by atoms with E-state index >= 15 is 0 Å². The number of benzene rings is 1. The van der Waals surface area contributed by atoms with Crippen molar-refractivity contribution < 1.29 is 14.6 Å². The van der Waals surface area contributed by atoms with Crippen molar-refractivity contribution in [2.75, 3.05) is 13.7 Å². The standard InChI is InChI=1S/C14H21BrN2O3/c1-4-11(8-18)17-14(19)16-9(2)10-5-6-13(20-3)12(15)7-10/h5-7,9,11,18H,4,8H2,1-3H3,(H2,16,17,19). The molecule has 0 saturated heterocycles. The lowest BCUT2D eigenvalue weighted by Crippen LogP contribution is -2.44. The predicted octanol–water partition coefficient (Wildman–Crippen LogP) is 2.59. The number of carbonyl (C=O) groups excluding carboxylic acids is 1. The number of amides is 2. The fraction of sp³-hybridized carbons (Fsp3) is 0.500. The Labute approximate surface area is 127 Å². The molecule has 0 aromatic heterocycles. The predicted molar refractivity (Wildman–Crippen MR) is 81.9 cm³/mol. The van der Waals surface area contributed by atoms with E-state index in [4.69, 9.17) is 9.84 Å². The Morgan fingerprint density at radius 2 is 2.15 bits per heavy atom. The number of aliphatic hydroxyl groups excluding tert-OH is 1. The van der Waals surface area contributed by atoms with E-state index in [0.717, 1.165) is 15.8 Å². The highest BCUT2D eigenvalue weighted by Gasteiger charge is 2.13. The topological polar surface area (TPSA) is 70.6 Å².